The van der Waals surface area contributed by atoms with Gasteiger partial charge in [-0.2, -0.15) is 26.3 Å². The molecule has 1 aliphatic rings. The van der Waals surface area contributed by atoms with Crippen LogP contribution in [0, 0.1) is 0 Å². The zero-order valence-corrected chi connectivity index (χ0v) is 22.0. The first kappa shape index (κ1) is 32.2. The topological polar surface area (TPSA) is 115 Å². The van der Waals surface area contributed by atoms with E-state index in [0.29, 0.717) is 18.6 Å². The highest BCUT2D eigenvalue weighted by atomic mass is 19.4. The quantitative estimate of drug-likeness (QED) is 0.409. The summed E-state index contributed by atoms with van der Waals surface area (Å²) in [6.45, 7) is 6.11. The molecule has 2 N–H and O–H groups in total. The van der Waals surface area contributed by atoms with Crippen molar-refractivity contribution in [1.82, 2.24) is 14.8 Å². The fourth-order valence-corrected chi connectivity index (χ4v) is 3.50. The summed E-state index contributed by atoms with van der Waals surface area (Å²) in [7, 11) is 1.31. The van der Waals surface area contributed by atoms with Crippen LogP contribution in [0.2, 0.25) is 0 Å². The van der Waals surface area contributed by atoms with Gasteiger partial charge in [-0.15, -0.1) is 0 Å². The van der Waals surface area contributed by atoms with Crippen molar-refractivity contribution in [1.29, 1.82) is 0 Å². The third kappa shape index (κ3) is 8.74. The van der Waals surface area contributed by atoms with E-state index in [9.17, 15) is 35.9 Å². The van der Waals surface area contributed by atoms with Crippen molar-refractivity contribution < 1.29 is 50.2 Å². The molecule has 2 heterocycles. The lowest BCUT2D eigenvalue weighted by molar-refractivity contribution is -0.143. The summed E-state index contributed by atoms with van der Waals surface area (Å²) < 4.78 is 88.6. The van der Waals surface area contributed by atoms with E-state index in [-0.39, 0.29) is 49.2 Å². The summed E-state index contributed by atoms with van der Waals surface area (Å²) in [4.78, 5) is 40.9. The molecule has 2 aromatic rings. The number of alkyl halides is 6. The standard InChI is InChI=1S/C23H24F6N4O3.C2H4O2/c1-21(2,3)36-20(35)33-6-4-32(5-7-33)19(34)16-11-18(31-12-17(16)30)13-8-14(22(24,25)26)10-15(9-13)23(27,28)29;1-4-2-3/h8-12H,4-7,30H2,1-3H3;2H,1H3. The molecular formula is C25H28F6N4O5. The summed E-state index contributed by atoms with van der Waals surface area (Å²) in [5, 5.41) is 0. The van der Waals surface area contributed by atoms with E-state index in [4.69, 9.17) is 15.3 Å². The first-order valence-corrected chi connectivity index (χ1v) is 11.7. The number of pyridine rings is 1. The Labute approximate surface area is 225 Å². The van der Waals surface area contributed by atoms with Gasteiger partial charge < -0.3 is 25.0 Å². The summed E-state index contributed by atoms with van der Waals surface area (Å²) >= 11 is 0. The molecule has 1 aliphatic heterocycles. The summed E-state index contributed by atoms with van der Waals surface area (Å²) in [5.41, 5.74) is 1.19. The molecule has 0 atom stereocenters. The van der Waals surface area contributed by atoms with Gasteiger partial charge in [0, 0.05) is 31.7 Å². The zero-order chi connectivity index (χ0) is 30.5. The van der Waals surface area contributed by atoms with E-state index < -0.39 is 46.6 Å². The van der Waals surface area contributed by atoms with Crippen molar-refractivity contribution in [2.24, 2.45) is 0 Å². The molecule has 1 aromatic carbocycles. The Hall–Kier alpha value is -4.04. The summed E-state index contributed by atoms with van der Waals surface area (Å²) in [6, 6.07) is 2.13. The number of benzene rings is 1. The number of hydrogen-bond donors (Lipinski definition) is 1. The van der Waals surface area contributed by atoms with Crippen molar-refractivity contribution >= 4 is 24.2 Å². The van der Waals surface area contributed by atoms with Gasteiger partial charge >= 0.3 is 18.4 Å². The van der Waals surface area contributed by atoms with Crippen LogP contribution in [0.25, 0.3) is 11.3 Å². The second kappa shape index (κ2) is 12.4. The normalized spacial score (nSPS) is 14.2. The number of hydrogen-bond acceptors (Lipinski definition) is 7. The molecule has 220 valence electrons. The van der Waals surface area contributed by atoms with Crippen LogP contribution in [0.15, 0.2) is 30.5 Å². The third-order valence-electron chi connectivity index (χ3n) is 5.36. The molecule has 0 aliphatic carbocycles. The highest BCUT2D eigenvalue weighted by Crippen LogP contribution is 2.38. The number of nitrogens with zero attached hydrogens (tertiary/aromatic N) is 3. The van der Waals surface area contributed by atoms with Gasteiger partial charge in [0.15, 0.2) is 0 Å². The fourth-order valence-electron chi connectivity index (χ4n) is 3.50. The predicted octanol–water partition coefficient (Wildman–Crippen LogP) is 4.85. The molecule has 15 heteroatoms. The Morgan fingerprint density at radius 3 is 1.80 bits per heavy atom. The second-order valence-corrected chi connectivity index (χ2v) is 9.54. The molecular weight excluding hydrogens is 550 g/mol. The molecule has 0 radical (unpaired) electrons. The van der Waals surface area contributed by atoms with E-state index in [1.54, 1.807) is 20.8 Å². The molecule has 2 amide bonds. The van der Waals surface area contributed by atoms with Gasteiger partial charge in [-0.25, -0.2) is 4.79 Å². The van der Waals surface area contributed by atoms with Crippen LogP contribution in [-0.2, 0) is 26.6 Å². The molecule has 40 heavy (non-hydrogen) atoms. The van der Waals surface area contributed by atoms with Crippen LogP contribution in [0.3, 0.4) is 0 Å². The number of carbonyl (C=O) groups is 3. The highest BCUT2D eigenvalue weighted by Gasteiger charge is 2.37. The SMILES string of the molecule is CC(C)(C)OC(=O)N1CCN(C(=O)c2cc(-c3cc(C(F)(F)F)cc(C(F)(F)F)c3)ncc2N)CC1.COC=O. The molecule has 0 unspecified atom stereocenters. The van der Waals surface area contributed by atoms with Gasteiger partial charge in [0.2, 0.25) is 0 Å². The lowest BCUT2D eigenvalue weighted by atomic mass is 10.0. The molecule has 1 aromatic heterocycles. The van der Waals surface area contributed by atoms with E-state index in [1.807, 2.05) is 0 Å². The Kier molecular flexibility index (Phi) is 10.00. The minimum Gasteiger partial charge on any atom is -0.471 e. The number of nitrogens with two attached hydrogens (primary N) is 1. The van der Waals surface area contributed by atoms with Crippen molar-refractivity contribution in [2.75, 3.05) is 39.0 Å². The largest absolute Gasteiger partial charge is 0.471 e. The zero-order valence-electron chi connectivity index (χ0n) is 22.0. The van der Waals surface area contributed by atoms with E-state index >= 15 is 0 Å². The maximum absolute atomic E-state index is 13.2. The predicted molar refractivity (Wildman–Crippen MR) is 131 cm³/mol. The average molecular weight is 579 g/mol. The number of rotatable bonds is 3. The monoisotopic (exact) mass is 578 g/mol. The van der Waals surface area contributed by atoms with Gasteiger partial charge in [0.1, 0.15) is 5.60 Å². The van der Waals surface area contributed by atoms with E-state index in [0.717, 1.165) is 12.3 Å². The van der Waals surface area contributed by atoms with Gasteiger partial charge in [0.25, 0.3) is 12.4 Å². The molecule has 0 spiro atoms. The number of aromatic nitrogens is 1. The molecule has 0 saturated carbocycles. The van der Waals surface area contributed by atoms with Crippen LogP contribution in [0.5, 0.6) is 0 Å². The minimum atomic E-state index is -5.03. The average Bonchev–Trinajstić information content (AvgIpc) is 2.86. The summed E-state index contributed by atoms with van der Waals surface area (Å²) in [6.07, 6.45) is -9.59. The van der Waals surface area contributed by atoms with Crippen LogP contribution < -0.4 is 5.73 Å². The minimum absolute atomic E-state index is 0.0109. The molecule has 9 nitrogen and oxygen atoms in total. The smallest absolute Gasteiger partial charge is 0.416 e. The number of halogens is 6. The second-order valence-electron chi connectivity index (χ2n) is 9.54. The third-order valence-corrected chi connectivity index (χ3v) is 5.36. The number of piperazine rings is 1. The number of ether oxygens (including phenoxy) is 2. The molecule has 1 fully saturated rings. The van der Waals surface area contributed by atoms with Crippen molar-refractivity contribution in [3.63, 3.8) is 0 Å². The number of carbonyl (C=O) groups excluding carboxylic acids is 3. The van der Waals surface area contributed by atoms with Gasteiger partial charge in [-0.05, 0) is 45.0 Å². The lowest BCUT2D eigenvalue weighted by Crippen LogP contribution is -2.51. The Morgan fingerprint density at radius 2 is 1.38 bits per heavy atom. The Morgan fingerprint density at radius 1 is 0.900 bits per heavy atom. The van der Waals surface area contributed by atoms with Crippen LogP contribution >= 0.6 is 0 Å². The van der Waals surface area contributed by atoms with Gasteiger partial charge in [-0.3, -0.25) is 14.6 Å². The number of amides is 2. The highest BCUT2D eigenvalue weighted by molar-refractivity contribution is 6.00. The van der Waals surface area contributed by atoms with Crippen LogP contribution in [0.1, 0.15) is 42.3 Å². The fraction of sp³-hybridized carbons (Fsp3) is 0.440. The first-order valence-electron chi connectivity index (χ1n) is 11.7. The van der Waals surface area contributed by atoms with E-state index in [2.05, 4.69) is 9.72 Å². The molecule has 1 saturated heterocycles. The Balaban J connectivity index is 0.00000131. The maximum atomic E-state index is 13.2. The van der Waals surface area contributed by atoms with Gasteiger partial charge in [-0.1, -0.05) is 0 Å². The van der Waals surface area contributed by atoms with Crippen molar-refractivity contribution in [3.8, 4) is 11.3 Å². The lowest BCUT2D eigenvalue weighted by Gasteiger charge is -2.35. The summed E-state index contributed by atoms with van der Waals surface area (Å²) in [5.74, 6) is -0.594. The van der Waals surface area contributed by atoms with E-state index in [1.165, 1.54) is 16.9 Å². The Bertz CT molecular complexity index is 1190. The first-order chi connectivity index (χ1) is 18.4. The maximum Gasteiger partial charge on any atom is 0.416 e. The van der Waals surface area contributed by atoms with Crippen molar-refractivity contribution in [2.45, 2.75) is 38.7 Å². The molecule has 3 rings (SSSR count). The van der Waals surface area contributed by atoms with Crippen LogP contribution in [0.4, 0.5) is 36.8 Å². The number of nitrogen functional groups attached to an aromatic ring is 1. The number of methoxy groups -OCH3 is 1. The van der Waals surface area contributed by atoms with Crippen LogP contribution in [-0.4, -0.2) is 72.1 Å². The molecule has 0 bridgehead atoms. The van der Waals surface area contributed by atoms with Gasteiger partial charge in [0.05, 0.1) is 41.4 Å². The number of anilines is 1. The van der Waals surface area contributed by atoms with Crippen molar-refractivity contribution in [3.05, 3.63) is 47.2 Å².